The van der Waals surface area contributed by atoms with E-state index in [2.05, 4.69) is 15.9 Å². The van der Waals surface area contributed by atoms with Gasteiger partial charge in [0.2, 0.25) is 0 Å². The van der Waals surface area contributed by atoms with Gasteiger partial charge < -0.3 is 5.73 Å². The molecule has 0 amide bonds. The Labute approximate surface area is 90.2 Å². The highest BCUT2D eigenvalue weighted by atomic mass is 79.9. The predicted molar refractivity (Wildman–Crippen MR) is 48.5 cm³/mol. The number of benzene rings is 1. The van der Waals surface area contributed by atoms with Crippen molar-refractivity contribution >= 4 is 21.6 Å². The Morgan fingerprint density at radius 2 is 1.73 bits per heavy atom. The number of hydrogen-bond acceptors (Lipinski definition) is 1. The second kappa shape index (κ2) is 3.96. The summed E-state index contributed by atoms with van der Waals surface area (Å²) >= 11 is 2.72. The molecule has 84 valence electrons. The van der Waals surface area contributed by atoms with Gasteiger partial charge in [-0.05, 0) is 12.1 Å². The monoisotopic (exact) mass is 289 g/mol. The van der Waals surface area contributed by atoms with Crippen LogP contribution in [0.4, 0.5) is 27.6 Å². The van der Waals surface area contributed by atoms with Crippen LogP contribution in [0.1, 0.15) is 17.6 Å². The van der Waals surface area contributed by atoms with E-state index in [9.17, 15) is 22.0 Å². The van der Waals surface area contributed by atoms with E-state index in [0.29, 0.717) is 6.07 Å². The lowest BCUT2D eigenvalue weighted by atomic mass is 10.1. The highest BCUT2D eigenvalue weighted by Gasteiger charge is 2.35. The Balaban J connectivity index is 3.42. The lowest BCUT2D eigenvalue weighted by Gasteiger charge is -2.14. The van der Waals surface area contributed by atoms with E-state index in [1.165, 1.54) is 0 Å². The van der Waals surface area contributed by atoms with Crippen LogP contribution < -0.4 is 5.73 Å². The average molecular weight is 290 g/mol. The van der Waals surface area contributed by atoms with Crippen molar-refractivity contribution in [1.82, 2.24) is 0 Å². The molecule has 0 atom stereocenters. The van der Waals surface area contributed by atoms with Gasteiger partial charge in [0, 0.05) is 4.47 Å². The van der Waals surface area contributed by atoms with Crippen molar-refractivity contribution in [1.29, 1.82) is 0 Å². The highest BCUT2D eigenvalue weighted by Crippen LogP contribution is 2.41. The third kappa shape index (κ3) is 2.39. The maximum Gasteiger partial charge on any atom is 0.418 e. The van der Waals surface area contributed by atoms with Gasteiger partial charge in [-0.15, -0.1) is 0 Å². The third-order valence-corrected chi connectivity index (χ3v) is 2.45. The molecule has 0 radical (unpaired) electrons. The molecule has 0 spiro atoms. The minimum Gasteiger partial charge on any atom is -0.398 e. The second-order valence-corrected chi connectivity index (χ2v) is 3.58. The largest absolute Gasteiger partial charge is 0.418 e. The summed E-state index contributed by atoms with van der Waals surface area (Å²) in [6.07, 6.45) is -7.78. The van der Waals surface area contributed by atoms with E-state index < -0.39 is 29.4 Å². The maximum absolute atomic E-state index is 12.4. The number of nitrogen functional groups attached to an aromatic ring is 1. The number of anilines is 1. The van der Waals surface area contributed by atoms with Crippen molar-refractivity contribution in [3.05, 3.63) is 27.7 Å². The Kier molecular flexibility index (Phi) is 3.22. The van der Waals surface area contributed by atoms with Crippen LogP contribution in [0.5, 0.6) is 0 Å². The van der Waals surface area contributed by atoms with Crippen LogP contribution in [0.3, 0.4) is 0 Å². The lowest BCUT2D eigenvalue weighted by Crippen LogP contribution is -2.11. The summed E-state index contributed by atoms with van der Waals surface area (Å²) in [6.45, 7) is 0. The predicted octanol–water partition coefficient (Wildman–Crippen LogP) is 3.99. The summed E-state index contributed by atoms with van der Waals surface area (Å²) in [5.74, 6) is 0. The number of nitrogens with two attached hydrogens (primary N) is 1. The van der Waals surface area contributed by atoms with Crippen LogP contribution in [0.15, 0.2) is 16.6 Å². The fourth-order valence-corrected chi connectivity index (χ4v) is 1.60. The maximum atomic E-state index is 12.4. The fraction of sp³-hybridized carbons (Fsp3) is 0.250. The summed E-state index contributed by atoms with van der Waals surface area (Å²) in [5.41, 5.74) is 2.03. The normalized spacial score (nSPS) is 12.2. The van der Waals surface area contributed by atoms with Gasteiger partial charge in [0.1, 0.15) is 0 Å². The van der Waals surface area contributed by atoms with E-state index in [1.54, 1.807) is 0 Å². The first-order valence-corrected chi connectivity index (χ1v) is 4.47. The molecule has 1 nitrogen and oxygen atoms in total. The fourth-order valence-electron chi connectivity index (χ4n) is 1.08. The van der Waals surface area contributed by atoms with Crippen molar-refractivity contribution in [3.8, 4) is 0 Å². The van der Waals surface area contributed by atoms with E-state index >= 15 is 0 Å². The summed E-state index contributed by atoms with van der Waals surface area (Å²) in [4.78, 5) is 0. The molecule has 15 heavy (non-hydrogen) atoms. The molecule has 0 saturated carbocycles. The zero-order valence-corrected chi connectivity index (χ0v) is 8.66. The Morgan fingerprint density at radius 3 is 2.13 bits per heavy atom. The van der Waals surface area contributed by atoms with Gasteiger partial charge in [0.05, 0.1) is 16.8 Å². The SMILES string of the molecule is Nc1c(C(F)(F)F)ccc(Br)c1C(F)F. The molecule has 0 saturated heterocycles. The van der Waals surface area contributed by atoms with Crippen molar-refractivity contribution < 1.29 is 22.0 Å². The second-order valence-electron chi connectivity index (χ2n) is 2.72. The first kappa shape index (κ1) is 12.2. The molecule has 0 aliphatic heterocycles. The van der Waals surface area contributed by atoms with Crippen molar-refractivity contribution in [2.24, 2.45) is 0 Å². The van der Waals surface area contributed by atoms with Gasteiger partial charge in [-0.25, -0.2) is 8.78 Å². The molecule has 1 aromatic carbocycles. The summed E-state index contributed by atoms with van der Waals surface area (Å²) in [7, 11) is 0. The summed E-state index contributed by atoms with van der Waals surface area (Å²) in [5, 5.41) is 0. The van der Waals surface area contributed by atoms with Crippen molar-refractivity contribution in [2.45, 2.75) is 12.6 Å². The Hall–Kier alpha value is -0.850. The molecular weight excluding hydrogens is 285 g/mol. The number of hydrogen-bond donors (Lipinski definition) is 1. The Morgan fingerprint density at radius 1 is 1.20 bits per heavy atom. The first-order valence-electron chi connectivity index (χ1n) is 3.68. The first-order chi connectivity index (χ1) is 6.75. The van der Waals surface area contributed by atoms with Gasteiger partial charge >= 0.3 is 6.18 Å². The standard InChI is InChI=1S/C8H5BrF5N/c9-4-2-1-3(8(12,13)14)6(15)5(4)7(10)11/h1-2,7H,15H2. The average Bonchev–Trinajstić information content (AvgIpc) is 2.00. The van der Waals surface area contributed by atoms with Crippen molar-refractivity contribution in [2.75, 3.05) is 5.73 Å². The van der Waals surface area contributed by atoms with Gasteiger partial charge in [-0.2, -0.15) is 13.2 Å². The van der Waals surface area contributed by atoms with Gasteiger partial charge in [0.15, 0.2) is 0 Å². The minimum absolute atomic E-state index is 0.136. The highest BCUT2D eigenvalue weighted by molar-refractivity contribution is 9.10. The van der Waals surface area contributed by atoms with Gasteiger partial charge in [-0.3, -0.25) is 0 Å². The number of rotatable bonds is 1. The quantitative estimate of drug-likeness (QED) is 0.614. The van der Waals surface area contributed by atoms with Crippen LogP contribution in [-0.4, -0.2) is 0 Å². The molecule has 2 N–H and O–H groups in total. The van der Waals surface area contributed by atoms with Crippen LogP contribution in [-0.2, 0) is 6.18 Å². The molecule has 0 unspecified atom stereocenters. The van der Waals surface area contributed by atoms with Crippen LogP contribution >= 0.6 is 15.9 Å². The molecule has 0 aromatic heterocycles. The molecular formula is C8H5BrF5N. The molecule has 0 heterocycles. The third-order valence-electron chi connectivity index (χ3n) is 1.76. The molecule has 0 bridgehead atoms. The lowest BCUT2D eigenvalue weighted by molar-refractivity contribution is -0.137. The smallest absolute Gasteiger partial charge is 0.398 e. The molecule has 0 fully saturated rings. The molecule has 1 aromatic rings. The minimum atomic E-state index is -4.73. The van der Waals surface area contributed by atoms with Crippen LogP contribution in [0.25, 0.3) is 0 Å². The van der Waals surface area contributed by atoms with E-state index in [-0.39, 0.29) is 4.47 Å². The van der Waals surface area contributed by atoms with Gasteiger partial charge in [-0.1, -0.05) is 15.9 Å². The van der Waals surface area contributed by atoms with Crippen LogP contribution in [0, 0.1) is 0 Å². The summed E-state index contributed by atoms with van der Waals surface area (Å²) in [6, 6.07) is 1.56. The molecule has 0 aliphatic carbocycles. The molecule has 7 heteroatoms. The number of alkyl halides is 5. The number of halogens is 6. The Bertz CT molecular complexity index is 374. The van der Waals surface area contributed by atoms with Crippen LogP contribution in [0.2, 0.25) is 0 Å². The molecule has 1 rings (SSSR count). The van der Waals surface area contributed by atoms with Crippen molar-refractivity contribution in [3.63, 3.8) is 0 Å². The summed E-state index contributed by atoms with van der Waals surface area (Å²) < 4.78 is 61.5. The van der Waals surface area contributed by atoms with E-state index in [4.69, 9.17) is 5.73 Å². The topological polar surface area (TPSA) is 26.0 Å². The zero-order chi connectivity index (χ0) is 11.8. The van der Waals surface area contributed by atoms with E-state index in [1.807, 2.05) is 0 Å². The zero-order valence-electron chi connectivity index (χ0n) is 7.08. The van der Waals surface area contributed by atoms with Gasteiger partial charge in [0.25, 0.3) is 6.43 Å². The molecule has 0 aliphatic rings. The van der Waals surface area contributed by atoms with E-state index in [0.717, 1.165) is 6.07 Å².